The van der Waals surface area contributed by atoms with Crippen LogP contribution in [-0.4, -0.2) is 36.4 Å². The SMILES string of the molecule is CCC(=O)N(CC[C@]1(C(C)C)CCOC(C)(C)C1)Cc1ccc2c(c1)OCO2. The van der Waals surface area contributed by atoms with Crippen molar-refractivity contribution in [1.82, 2.24) is 4.90 Å². The van der Waals surface area contributed by atoms with E-state index in [9.17, 15) is 4.79 Å². The fraction of sp³-hybridized carbons (Fsp3) is 0.696. The first kappa shape index (κ1) is 21.0. The molecule has 1 atom stereocenters. The molecule has 28 heavy (non-hydrogen) atoms. The number of nitrogens with zero attached hydrogens (tertiary/aromatic N) is 1. The molecule has 0 aromatic heterocycles. The van der Waals surface area contributed by atoms with E-state index in [-0.39, 0.29) is 23.7 Å². The molecule has 2 aliphatic heterocycles. The Morgan fingerprint density at radius 1 is 1.21 bits per heavy atom. The number of hydrogen-bond donors (Lipinski definition) is 0. The highest BCUT2D eigenvalue weighted by Gasteiger charge is 2.43. The minimum absolute atomic E-state index is 0.0978. The molecule has 0 N–H and O–H groups in total. The maximum Gasteiger partial charge on any atom is 0.231 e. The number of carbonyl (C=O) groups is 1. The molecule has 1 fully saturated rings. The molecule has 1 aromatic rings. The van der Waals surface area contributed by atoms with Crippen LogP contribution in [-0.2, 0) is 16.1 Å². The summed E-state index contributed by atoms with van der Waals surface area (Å²) in [5.74, 6) is 2.30. The summed E-state index contributed by atoms with van der Waals surface area (Å²) in [4.78, 5) is 14.7. The van der Waals surface area contributed by atoms with Gasteiger partial charge in [-0.3, -0.25) is 4.79 Å². The highest BCUT2D eigenvalue weighted by atomic mass is 16.7. The van der Waals surface area contributed by atoms with Gasteiger partial charge in [0.15, 0.2) is 11.5 Å². The molecule has 2 heterocycles. The zero-order valence-corrected chi connectivity index (χ0v) is 18.0. The summed E-state index contributed by atoms with van der Waals surface area (Å²) in [6, 6.07) is 5.95. The van der Waals surface area contributed by atoms with E-state index in [1.807, 2.05) is 30.0 Å². The quantitative estimate of drug-likeness (QED) is 0.674. The topological polar surface area (TPSA) is 48.0 Å². The lowest BCUT2D eigenvalue weighted by atomic mass is 9.65. The molecule has 0 unspecified atom stereocenters. The van der Waals surface area contributed by atoms with E-state index < -0.39 is 0 Å². The molecule has 3 rings (SSSR count). The third kappa shape index (κ3) is 4.62. The molecule has 1 saturated heterocycles. The first-order valence-electron chi connectivity index (χ1n) is 10.5. The Labute approximate surface area is 169 Å². The molecule has 0 bridgehead atoms. The summed E-state index contributed by atoms with van der Waals surface area (Å²) in [5.41, 5.74) is 1.19. The Kier molecular flexibility index (Phi) is 6.23. The number of fused-ring (bicyclic) bond motifs is 1. The van der Waals surface area contributed by atoms with Gasteiger partial charge in [-0.1, -0.05) is 26.8 Å². The normalized spacial score (nSPS) is 23.1. The van der Waals surface area contributed by atoms with Gasteiger partial charge in [-0.2, -0.15) is 0 Å². The van der Waals surface area contributed by atoms with Gasteiger partial charge in [-0.25, -0.2) is 0 Å². The molecule has 0 spiro atoms. The Balaban J connectivity index is 1.72. The van der Waals surface area contributed by atoms with Gasteiger partial charge in [0.1, 0.15) is 0 Å². The smallest absolute Gasteiger partial charge is 0.231 e. The third-order valence-corrected chi connectivity index (χ3v) is 6.44. The van der Waals surface area contributed by atoms with Crippen molar-refractivity contribution >= 4 is 5.91 Å². The Hall–Kier alpha value is -1.75. The van der Waals surface area contributed by atoms with Crippen molar-refractivity contribution in [2.45, 2.75) is 72.4 Å². The molecular weight excluding hydrogens is 354 g/mol. The second-order valence-electron chi connectivity index (χ2n) is 9.16. The van der Waals surface area contributed by atoms with E-state index in [0.29, 0.717) is 18.9 Å². The van der Waals surface area contributed by atoms with Crippen molar-refractivity contribution in [3.8, 4) is 11.5 Å². The maximum absolute atomic E-state index is 12.7. The van der Waals surface area contributed by atoms with Crippen LogP contribution in [0.3, 0.4) is 0 Å². The zero-order valence-electron chi connectivity index (χ0n) is 18.0. The molecule has 0 saturated carbocycles. The highest BCUT2D eigenvalue weighted by Crippen LogP contribution is 2.47. The predicted octanol–water partition coefficient (Wildman–Crippen LogP) is 4.78. The van der Waals surface area contributed by atoms with Crippen LogP contribution in [0.2, 0.25) is 0 Å². The van der Waals surface area contributed by atoms with Gasteiger partial charge in [0.25, 0.3) is 0 Å². The molecule has 156 valence electrons. The van der Waals surface area contributed by atoms with E-state index in [2.05, 4.69) is 27.7 Å². The summed E-state index contributed by atoms with van der Waals surface area (Å²) < 4.78 is 16.9. The number of carbonyl (C=O) groups excluding carboxylic acids is 1. The van der Waals surface area contributed by atoms with Crippen LogP contribution in [0.1, 0.15) is 65.9 Å². The van der Waals surface area contributed by atoms with E-state index in [1.54, 1.807) is 0 Å². The van der Waals surface area contributed by atoms with Crippen LogP contribution < -0.4 is 9.47 Å². The van der Waals surface area contributed by atoms with Crippen molar-refractivity contribution in [2.24, 2.45) is 11.3 Å². The fourth-order valence-corrected chi connectivity index (χ4v) is 4.65. The summed E-state index contributed by atoms with van der Waals surface area (Å²) in [7, 11) is 0. The van der Waals surface area contributed by atoms with Gasteiger partial charge < -0.3 is 19.1 Å². The van der Waals surface area contributed by atoms with E-state index in [4.69, 9.17) is 14.2 Å². The average molecular weight is 390 g/mol. The van der Waals surface area contributed by atoms with Crippen LogP contribution in [0, 0.1) is 11.3 Å². The molecule has 1 aromatic carbocycles. The third-order valence-electron chi connectivity index (χ3n) is 6.44. The Bertz CT molecular complexity index is 700. The van der Waals surface area contributed by atoms with Crippen molar-refractivity contribution in [3.63, 3.8) is 0 Å². The molecule has 5 nitrogen and oxygen atoms in total. The lowest BCUT2D eigenvalue weighted by Gasteiger charge is -2.48. The summed E-state index contributed by atoms with van der Waals surface area (Å²) in [6.07, 6.45) is 3.63. The number of amides is 1. The average Bonchev–Trinajstić information content (AvgIpc) is 3.11. The van der Waals surface area contributed by atoms with Gasteiger partial charge in [-0.05, 0) is 62.1 Å². The van der Waals surface area contributed by atoms with Crippen molar-refractivity contribution in [3.05, 3.63) is 23.8 Å². The van der Waals surface area contributed by atoms with Gasteiger partial charge in [0, 0.05) is 26.1 Å². The second kappa shape index (κ2) is 8.32. The highest BCUT2D eigenvalue weighted by molar-refractivity contribution is 5.75. The van der Waals surface area contributed by atoms with Crippen molar-refractivity contribution in [2.75, 3.05) is 19.9 Å². The number of hydrogen-bond acceptors (Lipinski definition) is 4. The van der Waals surface area contributed by atoms with Crippen LogP contribution in [0.4, 0.5) is 0 Å². The second-order valence-corrected chi connectivity index (χ2v) is 9.16. The van der Waals surface area contributed by atoms with Gasteiger partial charge >= 0.3 is 0 Å². The maximum atomic E-state index is 12.7. The van der Waals surface area contributed by atoms with Crippen molar-refractivity contribution in [1.29, 1.82) is 0 Å². The zero-order chi connectivity index (χ0) is 20.4. The number of ether oxygens (including phenoxy) is 3. The first-order valence-corrected chi connectivity index (χ1v) is 10.5. The minimum Gasteiger partial charge on any atom is -0.454 e. The van der Waals surface area contributed by atoms with E-state index in [1.165, 1.54) is 0 Å². The largest absolute Gasteiger partial charge is 0.454 e. The summed E-state index contributed by atoms with van der Waals surface area (Å²) >= 11 is 0. The minimum atomic E-state index is -0.0978. The lowest BCUT2D eigenvalue weighted by Crippen LogP contribution is -2.46. The number of rotatable bonds is 7. The fourth-order valence-electron chi connectivity index (χ4n) is 4.65. The standard InChI is InChI=1S/C23H35NO4/c1-6-21(25)24(14-18-7-8-19-20(13-18)27-16-26-19)11-9-23(17(2)3)10-12-28-22(4,5)15-23/h7-8,13,17H,6,9-12,14-16H2,1-5H3/t23-/m0/s1. The summed E-state index contributed by atoms with van der Waals surface area (Å²) in [5, 5.41) is 0. The molecular formula is C23H35NO4. The van der Waals surface area contributed by atoms with E-state index in [0.717, 1.165) is 49.5 Å². The van der Waals surface area contributed by atoms with Crippen LogP contribution in [0.25, 0.3) is 0 Å². The van der Waals surface area contributed by atoms with Crippen molar-refractivity contribution < 1.29 is 19.0 Å². The molecule has 5 heteroatoms. The number of benzene rings is 1. The van der Waals surface area contributed by atoms with E-state index >= 15 is 0 Å². The molecule has 0 aliphatic carbocycles. The molecule has 2 aliphatic rings. The first-order chi connectivity index (χ1) is 13.2. The van der Waals surface area contributed by atoms with Crippen LogP contribution in [0.5, 0.6) is 11.5 Å². The predicted molar refractivity (Wildman–Crippen MR) is 109 cm³/mol. The lowest BCUT2D eigenvalue weighted by molar-refractivity contribution is -0.135. The Morgan fingerprint density at radius 2 is 1.96 bits per heavy atom. The monoisotopic (exact) mass is 389 g/mol. The van der Waals surface area contributed by atoms with Crippen LogP contribution >= 0.6 is 0 Å². The molecule has 0 radical (unpaired) electrons. The van der Waals surface area contributed by atoms with Crippen LogP contribution in [0.15, 0.2) is 18.2 Å². The van der Waals surface area contributed by atoms with Gasteiger partial charge in [-0.15, -0.1) is 0 Å². The summed E-state index contributed by atoms with van der Waals surface area (Å²) in [6.45, 7) is 13.4. The van der Waals surface area contributed by atoms with Gasteiger partial charge in [0.2, 0.25) is 12.7 Å². The van der Waals surface area contributed by atoms with Gasteiger partial charge in [0.05, 0.1) is 5.60 Å². The Morgan fingerprint density at radius 3 is 2.64 bits per heavy atom. The molecule has 1 amide bonds.